The van der Waals surface area contributed by atoms with Crippen LogP contribution in [0.1, 0.15) is 20.8 Å². The van der Waals surface area contributed by atoms with Crippen molar-refractivity contribution in [2.75, 3.05) is 6.61 Å². The van der Waals surface area contributed by atoms with Crippen molar-refractivity contribution in [2.24, 2.45) is 0 Å². The van der Waals surface area contributed by atoms with Crippen molar-refractivity contribution >= 4 is 0 Å². The first-order valence-corrected chi connectivity index (χ1v) is 4.88. The zero-order valence-electron chi connectivity index (χ0n) is 9.29. The third kappa shape index (κ3) is 4.25. The molecular weight excluding hydrogens is 197 g/mol. The number of hydrogen-bond acceptors (Lipinski definition) is 2. The number of aromatic nitrogens is 1. The van der Waals surface area contributed by atoms with Crippen molar-refractivity contribution in [3.63, 3.8) is 0 Å². The largest absolute Gasteiger partial charge is 0.374 e. The van der Waals surface area contributed by atoms with E-state index in [2.05, 4.69) is 0 Å². The lowest BCUT2D eigenvalue weighted by atomic mass is 10.2. The first kappa shape index (κ1) is 11.9. The maximum Gasteiger partial charge on any atom is 0.250 e. The van der Waals surface area contributed by atoms with Crippen molar-refractivity contribution in [3.8, 4) is 0 Å². The van der Waals surface area contributed by atoms with Crippen LogP contribution in [0, 0.1) is 5.82 Å². The second-order valence-electron chi connectivity index (χ2n) is 4.34. The summed E-state index contributed by atoms with van der Waals surface area (Å²) < 4.78 is 19.6. The van der Waals surface area contributed by atoms with E-state index in [4.69, 9.17) is 4.74 Å². The molecule has 1 rings (SSSR count). The standard InChI is InChI=1S/C11H16FNO2/c1-11(2,3)15-7-6-13-8-9(12)4-5-10(13)14/h4-5,8H,6-7H2,1-3H3. The molecule has 0 aromatic carbocycles. The number of pyridine rings is 1. The normalized spacial score (nSPS) is 11.7. The van der Waals surface area contributed by atoms with Crippen LogP contribution in [0.15, 0.2) is 23.1 Å². The van der Waals surface area contributed by atoms with Gasteiger partial charge in [-0.15, -0.1) is 0 Å². The summed E-state index contributed by atoms with van der Waals surface area (Å²) in [5.41, 5.74) is -0.453. The van der Waals surface area contributed by atoms with Gasteiger partial charge < -0.3 is 9.30 Å². The molecule has 0 aliphatic heterocycles. The Morgan fingerprint density at radius 1 is 1.40 bits per heavy atom. The van der Waals surface area contributed by atoms with E-state index >= 15 is 0 Å². The monoisotopic (exact) mass is 213 g/mol. The molecule has 15 heavy (non-hydrogen) atoms. The molecule has 0 fully saturated rings. The molecule has 0 unspecified atom stereocenters. The molecule has 0 saturated heterocycles. The van der Waals surface area contributed by atoms with Gasteiger partial charge >= 0.3 is 0 Å². The van der Waals surface area contributed by atoms with Gasteiger partial charge in [0.25, 0.3) is 5.56 Å². The fourth-order valence-electron chi connectivity index (χ4n) is 1.13. The minimum atomic E-state index is -0.412. The van der Waals surface area contributed by atoms with Gasteiger partial charge in [0, 0.05) is 18.8 Å². The SMILES string of the molecule is CC(C)(C)OCCn1cc(F)ccc1=O. The number of ether oxygens (including phenoxy) is 1. The van der Waals surface area contributed by atoms with Crippen LogP contribution in [0.25, 0.3) is 0 Å². The van der Waals surface area contributed by atoms with Crippen LogP contribution in [0.4, 0.5) is 4.39 Å². The molecule has 84 valence electrons. The molecule has 0 spiro atoms. The minimum absolute atomic E-state index is 0.214. The highest BCUT2D eigenvalue weighted by molar-refractivity contribution is 4.96. The highest BCUT2D eigenvalue weighted by Crippen LogP contribution is 2.06. The van der Waals surface area contributed by atoms with Crippen LogP contribution < -0.4 is 5.56 Å². The molecule has 0 aliphatic carbocycles. The highest BCUT2D eigenvalue weighted by Gasteiger charge is 2.09. The summed E-state index contributed by atoms with van der Waals surface area (Å²) in [5, 5.41) is 0. The Hall–Kier alpha value is -1.16. The molecule has 0 N–H and O–H groups in total. The Bertz CT molecular complexity index is 379. The molecule has 3 nitrogen and oxygen atoms in total. The van der Waals surface area contributed by atoms with E-state index in [0.29, 0.717) is 13.2 Å². The first-order valence-electron chi connectivity index (χ1n) is 4.88. The maximum atomic E-state index is 12.8. The molecule has 1 heterocycles. The van der Waals surface area contributed by atoms with Gasteiger partial charge in [0.15, 0.2) is 0 Å². The molecule has 0 amide bonds. The molecule has 1 aromatic heterocycles. The number of hydrogen-bond donors (Lipinski definition) is 0. The summed E-state index contributed by atoms with van der Waals surface area (Å²) in [6.07, 6.45) is 1.19. The van der Waals surface area contributed by atoms with Gasteiger partial charge in [-0.3, -0.25) is 4.79 Å². The molecule has 4 heteroatoms. The molecule has 1 aromatic rings. The van der Waals surface area contributed by atoms with Crippen molar-refractivity contribution in [2.45, 2.75) is 32.9 Å². The maximum absolute atomic E-state index is 12.8. The predicted octanol–water partition coefficient (Wildman–Crippen LogP) is 1.80. The van der Waals surface area contributed by atoms with Crippen LogP contribution in [0.2, 0.25) is 0 Å². The Kier molecular flexibility index (Phi) is 3.63. The van der Waals surface area contributed by atoms with Crippen LogP contribution in [-0.2, 0) is 11.3 Å². The Morgan fingerprint density at radius 3 is 2.67 bits per heavy atom. The van der Waals surface area contributed by atoms with E-state index < -0.39 is 5.82 Å². The van der Waals surface area contributed by atoms with Crippen molar-refractivity contribution in [1.29, 1.82) is 0 Å². The topological polar surface area (TPSA) is 31.2 Å². The third-order valence-corrected chi connectivity index (χ3v) is 1.81. The molecular formula is C11H16FNO2. The molecule has 0 saturated carbocycles. The molecule has 0 atom stereocenters. The zero-order chi connectivity index (χ0) is 11.5. The predicted molar refractivity (Wildman–Crippen MR) is 56.4 cm³/mol. The van der Waals surface area contributed by atoms with Gasteiger partial charge in [0.2, 0.25) is 0 Å². The second kappa shape index (κ2) is 4.57. The average Bonchev–Trinajstić information content (AvgIpc) is 2.09. The van der Waals surface area contributed by atoms with Crippen LogP contribution >= 0.6 is 0 Å². The lowest BCUT2D eigenvalue weighted by Crippen LogP contribution is -2.26. The number of rotatable bonds is 3. The summed E-state index contributed by atoms with van der Waals surface area (Å²) in [4.78, 5) is 11.3. The summed E-state index contributed by atoms with van der Waals surface area (Å²) in [7, 11) is 0. The molecule has 0 bridgehead atoms. The first-order chi connectivity index (χ1) is 6.88. The van der Waals surface area contributed by atoms with E-state index in [1.165, 1.54) is 16.8 Å². The minimum Gasteiger partial charge on any atom is -0.374 e. The quantitative estimate of drug-likeness (QED) is 0.766. The van der Waals surface area contributed by atoms with Gasteiger partial charge in [0.05, 0.1) is 12.2 Å². The van der Waals surface area contributed by atoms with Crippen LogP contribution in [-0.4, -0.2) is 16.8 Å². The van der Waals surface area contributed by atoms with Gasteiger partial charge in [0.1, 0.15) is 5.82 Å². The average molecular weight is 213 g/mol. The fourth-order valence-corrected chi connectivity index (χ4v) is 1.13. The van der Waals surface area contributed by atoms with Crippen LogP contribution in [0.3, 0.4) is 0 Å². The Balaban J connectivity index is 2.58. The van der Waals surface area contributed by atoms with Crippen molar-refractivity contribution in [1.82, 2.24) is 4.57 Å². The zero-order valence-corrected chi connectivity index (χ0v) is 9.29. The summed E-state index contributed by atoms with van der Waals surface area (Å²) in [6, 6.07) is 2.37. The van der Waals surface area contributed by atoms with Gasteiger partial charge in [-0.05, 0) is 26.8 Å². The molecule has 0 aliphatic rings. The highest BCUT2D eigenvalue weighted by atomic mass is 19.1. The summed E-state index contributed by atoms with van der Waals surface area (Å²) >= 11 is 0. The van der Waals surface area contributed by atoms with E-state index in [0.717, 1.165) is 6.07 Å². The number of halogens is 1. The lowest BCUT2D eigenvalue weighted by molar-refractivity contribution is -0.00719. The lowest BCUT2D eigenvalue weighted by Gasteiger charge is -2.19. The smallest absolute Gasteiger partial charge is 0.250 e. The number of nitrogens with zero attached hydrogens (tertiary/aromatic N) is 1. The van der Waals surface area contributed by atoms with Crippen molar-refractivity contribution < 1.29 is 9.13 Å². The Labute approximate surface area is 88.5 Å². The summed E-state index contributed by atoms with van der Waals surface area (Å²) in [6.45, 7) is 6.56. The van der Waals surface area contributed by atoms with Gasteiger partial charge in [-0.2, -0.15) is 0 Å². The van der Waals surface area contributed by atoms with E-state index in [9.17, 15) is 9.18 Å². The third-order valence-electron chi connectivity index (χ3n) is 1.81. The van der Waals surface area contributed by atoms with Crippen molar-refractivity contribution in [3.05, 3.63) is 34.5 Å². The fraction of sp³-hybridized carbons (Fsp3) is 0.545. The Morgan fingerprint density at radius 2 is 2.07 bits per heavy atom. The van der Waals surface area contributed by atoms with Gasteiger partial charge in [-0.25, -0.2) is 4.39 Å². The summed E-state index contributed by atoms with van der Waals surface area (Å²) in [5.74, 6) is -0.412. The van der Waals surface area contributed by atoms with Gasteiger partial charge in [-0.1, -0.05) is 0 Å². The van der Waals surface area contributed by atoms with E-state index in [-0.39, 0.29) is 11.2 Å². The second-order valence-corrected chi connectivity index (χ2v) is 4.34. The van der Waals surface area contributed by atoms with E-state index in [1.54, 1.807) is 0 Å². The van der Waals surface area contributed by atoms with Crippen LogP contribution in [0.5, 0.6) is 0 Å². The molecule has 0 radical (unpaired) electrons. The van der Waals surface area contributed by atoms with E-state index in [1.807, 2.05) is 20.8 Å².